The van der Waals surface area contributed by atoms with Crippen LogP contribution in [0.25, 0.3) is 0 Å². The lowest BCUT2D eigenvalue weighted by Crippen LogP contribution is -2.00. The molecule has 0 unspecified atom stereocenters. The summed E-state index contributed by atoms with van der Waals surface area (Å²) in [5.74, 6) is 5.75. The predicted molar refractivity (Wildman–Crippen MR) is 76.1 cm³/mol. The standard InChI is InChI=1S/C15H16N2.H2/c1-3-7-12(4-2)10-11-15(17)13-8-5-6-9-14(13)16;/h3-9,17H,16H2,1-2H3;1H/b7-3-,12-4+,17-15?;. The Morgan fingerprint density at radius 1 is 1.29 bits per heavy atom. The zero-order valence-electron chi connectivity index (χ0n) is 10.1. The van der Waals surface area contributed by atoms with Gasteiger partial charge < -0.3 is 5.73 Å². The Balaban J connectivity index is 0.00000289. The van der Waals surface area contributed by atoms with Crippen molar-refractivity contribution in [2.75, 3.05) is 5.73 Å². The van der Waals surface area contributed by atoms with Crippen LogP contribution >= 0.6 is 0 Å². The average molecular weight is 226 g/mol. The van der Waals surface area contributed by atoms with E-state index >= 15 is 0 Å². The molecular weight excluding hydrogens is 208 g/mol. The van der Waals surface area contributed by atoms with Crippen LogP contribution in [-0.4, -0.2) is 5.71 Å². The van der Waals surface area contributed by atoms with Crippen molar-refractivity contribution < 1.29 is 1.43 Å². The van der Waals surface area contributed by atoms with Gasteiger partial charge in [-0.15, -0.1) is 0 Å². The topological polar surface area (TPSA) is 49.9 Å². The van der Waals surface area contributed by atoms with Gasteiger partial charge in [0.2, 0.25) is 0 Å². The van der Waals surface area contributed by atoms with Crippen LogP contribution in [0.3, 0.4) is 0 Å². The molecule has 0 aliphatic carbocycles. The Morgan fingerprint density at radius 2 is 2.00 bits per heavy atom. The molecule has 88 valence electrons. The molecule has 0 aliphatic rings. The normalized spacial score (nSPS) is 11.1. The fourth-order valence-corrected chi connectivity index (χ4v) is 1.32. The second-order valence-corrected chi connectivity index (χ2v) is 3.46. The third-order valence-corrected chi connectivity index (χ3v) is 2.22. The van der Waals surface area contributed by atoms with E-state index < -0.39 is 0 Å². The van der Waals surface area contributed by atoms with E-state index in [2.05, 4.69) is 11.8 Å². The summed E-state index contributed by atoms with van der Waals surface area (Å²) in [6.45, 7) is 3.86. The van der Waals surface area contributed by atoms with Crippen molar-refractivity contribution in [1.29, 1.82) is 5.41 Å². The fourth-order valence-electron chi connectivity index (χ4n) is 1.32. The van der Waals surface area contributed by atoms with Gasteiger partial charge in [-0.2, -0.15) is 0 Å². The van der Waals surface area contributed by atoms with Crippen molar-refractivity contribution in [2.45, 2.75) is 13.8 Å². The molecule has 17 heavy (non-hydrogen) atoms. The van der Waals surface area contributed by atoms with E-state index in [1.807, 2.05) is 44.2 Å². The van der Waals surface area contributed by atoms with E-state index in [9.17, 15) is 0 Å². The Hall–Kier alpha value is -2.27. The summed E-state index contributed by atoms with van der Waals surface area (Å²) in [6, 6.07) is 7.27. The van der Waals surface area contributed by atoms with Gasteiger partial charge in [-0.1, -0.05) is 42.3 Å². The van der Waals surface area contributed by atoms with E-state index in [0.29, 0.717) is 11.3 Å². The third-order valence-electron chi connectivity index (χ3n) is 2.22. The SMILES string of the molecule is C/C=C\C(C#CC(=N)c1ccccc1N)=C/C.[HH]. The summed E-state index contributed by atoms with van der Waals surface area (Å²) in [5, 5.41) is 7.87. The molecule has 1 rings (SSSR count). The molecule has 0 aromatic heterocycles. The number of allylic oxidation sites excluding steroid dienone is 4. The number of rotatable bonds is 2. The number of nitrogens with two attached hydrogens (primary N) is 1. The first kappa shape index (κ1) is 12.8. The number of benzene rings is 1. The molecule has 1 aromatic carbocycles. The van der Waals surface area contributed by atoms with Gasteiger partial charge in [-0.05, 0) is 25.8 Å². The molecule has 3 N–H and O–H groups in total. The largest absolute Gasteiger partial charge is 0.398 e. The quantitative estimate of drug-likeness (QED) is 0.345. The number of anilines is 1. The van der Waals surface area contributed by atoms with Crippen molar-refractivity contribution >= 4 is 11.4 Å². The van der Waals surface area contributed by atoms with Gasteiger partial charge in [-0.25, -0.2) is 0 Å². The van der Waals surface area contributed by atoms with Crippen molar-refractivity contribution in [3.63, 3.8) is 0 Å². The molecule has 0 atom stereocenters. The number of nitrogens with one attached hydrogen (secondary N) is 1. The first-order valence-corrected chi connectivity index (χ1v) is 5.43. The summed E-state index contributed by atoms with van der Waals surface area (Å²) < 4.78 is 0. The second-order valence-electron chi connectivity index (χ2n) is 3.46. The van der Waals surface area contributed by atoms with Crippen molar-refractivity contribution in [3.8, 4) is 11.8 Å². The highest BCUT2D eigenvalue weighted by atomic mass is 14.6. The van der Waals surface area contributed by atoms with Crippen LogP contribution in [-0.2, 0) is 0 Å². The van der Waals surface area contributed by atoms with Crippen LogP contribution in [0.4, 0.5) is 5.69 Å². The molecule has 0 radical (unpaired) electrons. The molecule has 0 saturated heterocycles. The molecule has 0 amide bonds. The van der Waals surface area contributed by atoms with Gasteiger partial charge in [-0.3, -0.25) is 5.41 Å². The number of nitrogen functional groups attached to an aromatic ring is 1. The minimum Gasteiger partial charge on any atom is -0.398 e. The smallest absolute Gasteiger partial charge is 0.114 e. The molecule has 2 heteroatoms. The van der Waals surface area contributed by atoms with Gasteiger partial charge >= 0.3 is 0 Å². The highest BCUT2D eigenvalue weighted by Crippen LogP contribution is 2.10. The van der Waals surface area contributed by atoms with Crippen LogP contribution in [0.2, 0.25) is 0 Å². The molecule has 0 spiro atoms. The predicted octanol–water partition coefficient (Wildman–Crippen LogP) is 3.41. The Morgan fingerprint density at radius 3 is 2.59 bits per heavy atom. The molecule has 2 nitrogen and oxygen atoms in total. The molecular formula is C15H18N2. The zero-order chi connectivity index (χ0) is 12.7. The summed E-state index contributed by atoms with van der Waals surface area (Å²) >= 11 is 0. The lowest BCUT2D eigenvalue weighted by Gasteiger charge is -2.00. The number of hydrogen-bond acceptors (Lipinski definition) is 2. The van der Waals surface area contributed by atoms with E-state index in [1.54, 1.807) is 12.1 Å². The monoisotopic (exact) mass is 226 g/mol. The molecule has 0 aliphatic heterocycles. The maximum Gasteiger partial charge on any atom is 0.114 e. The Bertz CT molecular complexity index is 531. The zero-order valence-corrected chi connectivity index (χ0v) is 10.1. The van der Waals surface area contributed by atoms with Crippen molar-refractivity contribution in [3.05, 3.63) is 53.6 Å². The van der Waals surface area contributed by atoms with Crippen LogP contribution in [0.15, 0.2) is 48.1 Å². The lowest BCUT2D eigenvalue weighted by atomic mass is 10.1. The lowest BCUT2D eigenvalue weighted by molar-refractivity contribution is 1.50. The van der Waals surface area contributed by atoms with Gasteiger partial charge in [0.15, 0.2) is 0 Å². The van der Waals surface area contributed by atoms with Crippen LogP contribution in [0, 0.1) is 17.3 Å². The van der Waals surface area contributed by atoms with Gasteiger partial charge in [0.1, 0.15) is 5.71 Å². The van der Waals surface area contributed by atoms with Gasteiger partial charge in [0.05, 0.1) is 0 Å². The average Bonchev–Trinajstić information content (AvgIpc) is 2.34. The van der Waals surface area contributed by atoms with Crippen molar-refractivity contribution in [1.82, 2.24) is 0 Å². The van der Waals surface area contributed by atoms with Gasteiger partial charge in [0.25, 0.3) is 0 Å². The van der Waals surface area contributed by atoms with Gasteiger partial charge in [0, 0.05) is 18.3 Å². The minimum atomic E-state index is 0. The molecule has 0 saturated carbocycles. The maximum absolute atomic E-state index is 7.87. The second kappa shape index (κ2) is 6.34. The van der Waals surface area contributed by atoms with Crippen LogP contribution in [0.1, 0.15) is 20.8 Å². The van der Waals surface area contributed by atoms with E-state index in [4.69, 9.17) is 11.1 Å². The Kier molecular flexibility index (Phi) is 4.77. The van der Waals surface area contributed by atoms with Crippen LogP contribution < -0.4 is 5.73 Å². The fraction of sp³-hybridized carbons (Fsp3) is 0.133. The summed E-state index contributed by atoms with van der Waals surface area (Å²) in [4.78, 5) is 0. The van der Waals surface area contributed by atoms with E-state index in [0.717, 1.165) is 5.57 Å². The van der Waals surface area contributed by atoms with E-state index in [-0.39, 0.29) is 7.14 Å². The van der Waals surface area contributed by atoms with E-state index in [1.165, 1.54) is 0 Å². The minimum absolute atomic E-state index is 0. The van der Waals surface area contributed by atoms with Crippen LogP contribution in [0.5, 0.6) is 0 Å². The maximum atomic E-state index is 7.87. The molecule has 0 bridgehead atoms. The molecule has 0 fully saturated rings. The summed E-state index contributed by atoms with van der Waals surface area (Å²) in [7, 11) is 0. The molecule has 1 aromatic rings. The summed E-state index contributed by atoms with van der Waals surface area (Å²) in [5.41, 5.74) is 8.18. The number of hydrogen-bond donors (Lipinski definition) is 2. The molecule has 0 heterocycles. The highest BCUT2D eigenvalue weighted by Gasteiger charge is 2.00. The first-order chi connectivity index (χ1) is 8.19. The Labute approximate surface area is 104 Å². The number of para-hydroxylation sites is 1. The first-order valence-electron chi connectivity index (χ1n) is 5.43. The third kappa shape index (κ3) is 3.66. The summed E-state index contributed by atoms with van der Waals surface area (Å²) in [6.07, 6.45) is 5.74. The highest BCUT2D eigenvalue weighted by molar-refractivity contribution is 6.14. The van der Waals surface area contributed by atoms with Crippen molar-refractivity contribution in [2.24, 2.45) is 0 Å².